The summed E-state index contributed by atoms with van der Waals surface area (Å²) in [6.45, 7) is 1.11. The highest BCUT2D eigenvalue weighted by atomic mass is 32.1. The van der Waals surface area contributed by atoms with Crippen molar-refractivity contribution >= 4 is 44.4 Å². The number of nitrogens with zero attached hydrogens (tertiary/aromatic N) is 3. The van der Waals surface area contributed by atoms with Crippen LogP contribution in [0.5, 0.6) is 0 Å². The van der Waals surface area contributed by atoms with E-state index in [-0.39, 0.29) is 5.91 Å². The summed E-state index contributed by atoms with van der Waals surface area (Å²) < 4.78 is 5.54. The summed E-state index contributed by atoms with van der Waals surface area (Å²) >= 11 is 1.46. The molecule has 4 rings (SSSR count). The van der Waals surface area contributed by atoms with E-state index in [4.69, 9.17) is 0 Å². The predicted molar refractivity (Wildman–Crippen MR) is 94.3 cm³/mol. The summed E-state index contributed by atoms with van der Waals surface area (Å²) in [7, 11) is 0. The number of benzene rings is 2. The molecule has 0 aliphatic heterocycles. The largest absolute Gasteiger partial charge is 0.367 e. The fraction of sp³-hybridized carbons (Fsp3) is 0.125. The zero-order valence-corrected chi connectivity index (χ0v) is 13.4. The summed E-state index contributed by atoms with van der Waals surface area (Å²) in [6, 6.07) is 13.3. The van der Waals surface area contributed by atoms with Crippen molar-refractivity contribution in [1.29, 1.82) is 0 Å². The summed E-state index contributed by atoms with van der Waals surface area (Å²) in [6.07, 6.45) is 0. The predicted octanol–water partition coefficient (Wildman–Crippen LogP) is 2.41. The molecule has 2 aromatic carbocycles. The first-order valence-electron chi connectivity index (χ1n) is 7.48. The second kappa shape index (κ2) is 6.25. The Balaban J connectivity index is 1.34. The molecular formula is C16H14N6OS. The van der Waals surface area contributed by atoms with Crippen molar-refractivity contribution in [3.05, 3.63) is 48.0 Å². The average Bonchev–Trinajstić information content (AvgIpc) is 3.24. The van der Waals surface area contributed by atoms with Gasteiger partial charge < -0.3 is 10.6 Å². The number of fused-ring (bicyclic) bond motifs is 2. The Labute approximate surface area is 141 Å². The Hall–Kier alpha value is -3.00. The molecule has 0 saturated carbocycles. The van der Waals surface area contributed by atoms with Gasteiger partial charge >= 0.3 is 0 Å². The molecule has 0 atom stereocenters. The molecule has 4 aromatic rings. The van der Waals surface area contributed by atoms with E-state index < -0.39 is 0 Å². The van der Waals surface area contributed by atoms with E-state index in [0.29, 0.717) is 18.7 Å². The first-order valence-corrected chi connectivity index (χ1v) is 8.26. The Kier molecular flexibility index (Phi) is 3.80. The summed E-state index contributed by atoms with van der Waals surface area (Å²) in [4.78, 5) is 12.2. The van der Waals surface area contributed by atoms with Crippen LogP contribution in [0.4, 0.5) is 5.82 Å². The number of carbonyl (C=O) groups excluding carboxylic acids is 1. The second-order valence-corrected chi connectivity index (χ2v) is 6.06. The SMILES string of the molecule is O=C(NCCNc1nsc2ccccc12)c1ccc2nn[nH]c2c1. The maximum absolute atomic E-state index is 12.2. The van der Waals surface area contributed by atoms with Crippen LogP contribution in [0, 0.1) is 0 Å². The fourth-order valence-electron chi connectivity index (χ4n) is 2.46. The number of rotatable bonds is 5. The topological polar surface area (TPSA) is 95.6 Å². The number of nitrogens with one attached hydrogen (secondary N) is 3. The van der Waals surface area contributed by atoms with E-state index in [1.807, 2.05) is 24.3 Å². The zero-order valence-electron chi connectivity index (χ0n) is 12.6. The molecule has 0 radical (unpaired) electrons. The van der Waals surface area contributed by atoms with Crippen molar-refractivity contribution in [2.45, 2.75) is 0 Å². The molecule has 0 unspecified atom stereocenters. The number of hydrogen-bond acceptors (Lipinski definition) is 6. The van der Waals surface area contributed by atoms with Gasteiger partial charge in [0, 0.05) is 24.0 Å². The van der Waals surface area contributed by atoms with Gasteiger partial charge in [-0.15, -0.1) is 5.10 Å². The number of aromatic nitrogens is 4. The Morgan fingerprint density at radius 2 is 2.08 bits per heavy atom. The van der Waals surface area contributed by atoms with Gasteiger partial charge in [0.05, 0.1) is 10.2 Å². The van der Waals surface area contributed by atoms with E-state index in [2.05, 4.69) is 30.4 Å². The van der Waals surface area contributed by atoms with Crippen LogP contribution in [0.25, 0.3) is 21.1 Å². The quantitative estimate of drug-likeness (QED) is 0.486. The van der Waals surface area contributed by atoms with Gasteiger partial charge in [0.2, 0.25) is 0 Å². The molecular weight excluding hydrogens is 324 g/mol. The van der Waals surface area contributed by atoms with E-state index in [1.165, 1.54) is 11.5 Å². The maximum atomic E-state index is 12.2. The van der Waals surface area contributed by atoms with Gasteiger partial charge in [-0.1, -0.05) is 17.3 Å². The van der Waals surface area contributed by atoms with Gasteiger partial charge in [0.15, 0.2) is 0 Å². The lowest BCUT2D eigenvalue weighted by Crippen LogP contribution is -2.28. The molecule has 0 saturated heterocycles. The molecule has 0 spiro atoms. The summed E-state index contributed by atoms with van der Waals surface area (Å²) in [5.74, 6) is 0.728. The van der Waals surface area contributed by atoms with Crippen molar-refractivity contribution in [2.24, 2.45) is 0 Å². The molecule has 0 bridgehead atoms. The van der Waals surface area contributed by atoms with Crippen LogP contribution in [0.15, 0.2) is 42.5 Å². The summed E-state index contributed by atoms with van der Waals surface area (Å²) in [5.41, 5.74) is 2.06. The highest BCUT2D eigenvalue weighted by Crippen LogP contribution is 2.25. The lowest BCUT2D eigenvalue weighted by Gasteiger charge is -2.06. The Morgan fingerprint density at radius 3 is 3.04 bits per heavy atom. The van der Waals surface area contributed by atoms with E-state index in [1.54, 1.807) is 18.2 Å². The second-order valence-electron chi connectivity index (χ2n) is 5.25. The number of anilines is 1. The summed E-state index contributed by atoms with van der Waals surface area (Å²) in [5, 5.41) is 17.6. The molecule has 3 N–H and O–H groups in total. The maximum Gasteiger partial charge on any atom is 0.251 e. The molecule has 0 aliphatic carbocycles. The van der Waals surface area contributed by atoms with Crippen LogP contribution in [-0.4, -0.2) is 38.8 Å². The third-order valence-electron chi connectivity index (χ3n) is 3.67. The Morgan fingerprint density at radius 1 is 1.17 bits per heavy atom. The molecule has 120 valence electrons. The van der Waals surface area contributed by atoms with E-state index in [9.17, 15) is 4.79 Å². The van der Waals surface area contributed by atoms with Crippen molar-refractivity contribution in [2.75, 3.05) is 18.4 Å². The van der Waals surface area contributed by atoms with Crippen LogP contribution in [0.3, 0.4) is 0 Å². The highest BCUT2D eigenvalue weighted by molar-refractivity contribution is 7.13. The first-order chi connectivity index (χ1) is 11.8. The number of carbonyl (C=O) groups is 1. The molecule has 0 aliphatic rings. The minimum atomic E-state index is -0.128. The van der Waals surface area contributed by atoms with E-state index >= 15 is 0 Å². The molecule has 2 heterocycles. The minimum absolute atomic E-state index is 0.128. The van der Waals surface area contributed by atoms with Gasteiger partial charge in [0.1, 0.15) is 11.3 Å². The Bertz CT molecular complexity index is 1010. The lowest BCUT2D eigenvalue weighted by atomic mass is 10.2. The normalized spacial score (nSPS) is 11.0. The first kappa shape index (κ1) is 14.6. The number of amides is 1. The van der Waals surface area contributed by atoms with Gasteiger partial charge in [-0.2, -0.15) is 4.37 Å². The monoisotopic (exact) mass is 338 g/mol. The van der Waals surface area contributed by atoms with E-state index in [0.717, 1.165) is 26.9 Å². The van der Waals surface area contributed by atoms with Gasteiger partial charge in [-0.05, 0) is 41.9 Å². The van der Waals surface area contributed by atoms with Crippen LogP contribution in [0.2, 0.25) is 0 Å². The zero-order chi connectivity index (χ0) is 16.4. The van der Waals surface area contributed by atoms with Crippen molar-refractivity contribution in [3.63, 3.8) is 0 Å². The molecule has 8 heteroatoms. The standard InChI is InChI=1S/C16H14N6OS/c23-16(10-5-6-12-13(9-10)20-22-19-12)18-8-7-17-15-11-3-1-2-4-14(11)24-21-15/h1-6,9H,7-8H2,(H,17,21)(H,18,23)(H,19,20,22). The minimum Gasteiger partial charge on any atom is -0.367 e. The van der Waals surface area contributed by atoms with Gasteiger partial charge in [-0.25, -0.2) is 0 Å². The molecule has 1 amide bonds. The fourth-order valence-corrected chi connectivity index (χ4v) is 3.21. The van der Waals surface area contributed by atoms with Gasteiger partial charge in [0.25, 0.3) is 5.91 Å². The van der Waals surface area contributed by atoms with Crippen LogP contribution in [0.1, 0.15) is 10.4 Å². The third-order valence-corrected chi connectivity index (χ3v) is 4.49. The smallest absolute Gasteiger partial charge is 0.251 e. The van der Waals surface area contributed by atoms with Crippen LogP contribution >= 0.6 is 11.5 Å². The number of hydrogen-bond donors (Lipinski definition) is 3. The highest BCUT2D eigenvalue weighted by Gasteiger charge is 2.08. The lowest BCUT2D eigenvalue weighted by molar-refractivity contribution is 0.0955. The molecule has 24 heavy (non-hydrogen) atoms. The molecule has 7 nitrogen and oxygen atoms in total. The average molecular weight is 338 g/mol. The van der Waals surface area contributed by atoms with Crippen LogP contribution in [-0.2, 0) is 0 Å². The van der Waals surface area contributed by atoms with Crippen molar-refractivity contribution in [1.82, 2.24) is 25.1 Å². The van der Waals surface area contributed by atoms with Gasteiger partial charge in [-0.3, -0.25) is 9.89 Å². The van der Waals surface area contributed by atoms with Crippen molar-refractivity contribution < 1.29 is 4.79 Å². The van der Waals surface area contributed by atoms with Crippen molar-refractivity contribution in [3.8, 4) is 0 Å². The van der Waals surface area contributed by atoms with Crippen LogP contribution < -0.4 is 10.6 Å². The number of aromatic amines is 1. The molecule has 2 aromatic heterocycles. The number of H-pyrrole nitrogens is 1. The molecule has 0 fully saturated rings. The third kappa shape index (κ3) is 2.79.